The average molecular weight is 436 g/mol. The van der Waals surface area contributed by atoms with Gasteiger partial charge in [0.2, 0.25) is 0 Å². The van der Waals surface area contributed by atoms with E-state index in [1.54, 1.807) is 18.2 Å². The molecule has 7 heteroatoms. The first-order valence-corrected chi connectivity index (χ1v) is 10.3. The van der Waals surface area contributed by atoms with Gasteiger partial charge in [-0.15, -0.1) is 0 Å². The fraction of sp³-hybridized carbons (Fsp3) is 0.115. The number of H-pyrrole nitrogens is 1. The fourth-order valence-electron chi connectivity index (χ4n) is 3.76. The Labute approximate surface area is 190 Å². The first-order chi connectivity index (χ1) is 16.1. The van der Waals surface area contributed by atoms with E-state index in [1.807, 2.05) is 61.5 Å². The van der Waals surface area contributed by atoms with Crippen molar-refractivity contribution in [3.63, 3.8) is 0 Å². The van der Waals surface area contributed by atoms with Gasteiger partial charge >= 0.3 is 0 Å². The molecule has 1 aromatic heterocycles. The molecular weight excluding hydrogens is 416 g/mol. The van der Waals surface area contributed by atoms with Crippen LogP contribution in [0.15, 0.2) is 65.5 Å². The lowest BCUT2D eigenvalue weighted by Gasteiger charge is -2.15. The Kier molecular flexibility index (Phi) is 5.97. The van der Waals surface area contributed by atoms with E-state index in [2.05, 4.69) is 4.98 Å². The summed E-state index contributed by atoms with van der Waals surface area (Å²) in [6.45, 7) is 2.54. The van der Waals surface area contributed by atoms with Gasteiger partial charge < -0.3 is 20.2 Å². The molecule has 4 rings (SSSR count). The van der Waals surface area contributed by atoms with Gasteiger partial charge in [0.1, 0.15) is 35.7 Å². The molecule has 0 aliphatic carbocycles. The first kappa shape index (κ1) is 21.5. The highest BCUT2D eigenvalue weighted by Gasteiger charge is 2.20. The van der Waals surface area contributed by atoms with Crippen molar-refractivity contribution < 1.29 is 9.47 Å². The van der Waals surface area contributed by atoms with Crippen LogP contribution in [0.25, 0.3) is 21.9 Å². The van der Waals surface area contributed by atoms with Crippen molar-refractivity contribution in [2.75, 3.05) is 12.3 Å². The molecule has 0 spiro atoms. The topological polar surface area (TPSA) is 125 Å². The summed E-state index contributed by atoms with van der Waals surface area (Å²) in [4.78, 5) is 14.6. The number of aromatic amines is 1. The molecule has 3 aromatic carbocycles. The molecule has 7 nitrogen and oxygen atoms in total. The molecule has 0 saturated carbocycles. The number of nitriles is 2. The number of benzene rings is 3. The lowest BCUT2D eigenvalue weighted by atomic mass is 9.96. The number of nitrogens with zero attached hydrogens (tertiary/aromatic N) is 2. The van der Waals surface area contributed by atoms with Gasteiger partial charge in [-0.3, -0.25) is 4.79 Å². The van der Waals surface area contributed by atoms with E-state index >= 15 is 0 Å². The molecule has 162 valence electrons. The second-order valence-electron chi connectivity index (χ2n) is 7.24. The maximum Gasteiger partial charge on any atom is 0.268 e. The van der Waals surface area contributed by atoms with Gasteiger partial charge in [0.15, 0.2) is 11.5 Å². The zero-order valence-electron chi connectivity index (χ0n) is 17.9. The van der Waals surface area contributed by atoms with Crippen LogP contribution < -0.4 is 20.8 Å². The number of nitrogen functional groups attached to an aromatic ring is 1. The van der Waals surface area contributed by atoms with Gasteiger partial charge in [0.25, 0.3) is 5.56 Å². The van der Waals surface area contributed by atoms with Crippen LogP contribution in [-0.4, -0.2) is 11.6 Å². The fourth-order valence-corrected chi connectivity index (χ4v) is 3.76. The number of pyridine rings is 1. The van der Waals surface area contributed by atoms with Crippen LogP contribution in [0.3, 0.4) is 0 Å². The zero-order chi connectivity index (χ0) is 23.4. The van der Waals surface area contributed by atoms with Crippen LogP contribution in [-0.2, 0) is 6.61 Å². The number of ether oxygens (including phenoxy) is 2. The summed E-state index contributed by atoms with van der Waals surface area (Å²) in [5.41, 5.74) is 6.68. The van der Waals surface area contributed by atoms with Crippen molar-refractivity contribution >= 4 is 16.6 Å². The molecular formula is C26H20N4O3. The van der Waals surface area contributed by atoms with E-state index < -0.39 is 5.56 Å². The summed E-state index contributed by atoms with van der Waals surface area (Å²) in [7, 11) is 0. The van der Waals surface area contributed by atoms with Gasteiger partial charge in [-0.25, -0.2) is 0 Å². The molecule has 3 N–H and O–H groups in total. The molecule has 0 fully saturated rings. The maximum absolute atomic E-state index is 12.3. The van der Waals surface area contributed by atoms with Crippen molar-refractivity contribution in [3.8, 4) is 34.8 Å². The van der Waals surface area contributed by atoms with E-state index in [-0.39, 0.29) is 22.5 Å². The van der Waals surface area contributed by atoms with E-state index in [9.17, 15) is 15.3 Å². The van der Waals surface area contributed by atoms with Crippen LogP contribution >= 0.6 is 0 Å². The second kappa shape index (κ2) is 9.17. The number of anilines is 1. The van der Waals surface area contributed by atoms with Crippen molar-refractivity contribution in [3.05, 3.63) is 87.7 Å². The Morgan fingerprint density at radius 2 is 1.70 bits per heavy atom. The minimum atomic E-state index is -0.654. The number of fused-ring (bicyclic) bond motifs is 1. The van der Waals surface area contributed by atoms with Crippen LogP contribution in [0.4, 0.5) is 5.82 Å². The number of aromatic nitrogens is 1. The highest BCUT2D eigenvalue weighted by Crippen LogP contribution is 2.36. The van der Waals surface area contributed by atoms with Crippen molar-refractivity contribution in [2.45, 2.75) is 13.5 Å². The minimum Gasteiger partial charge on any atom is -0.490 e. The first-order valence-electron chi connectivity index (χ1n) is 10.3. The van der Waals surface area contributed by atoms with Crippen molar-refractivity contribution in [1.82, 2.24) is 4.98 Å². The number of hydrogen-bond donors (Lipinski definition) is 2. The summed E-state index contributed by atoms with van der Waals surface area (Å²) >= 11 is 0. The van der Waals surface area contributed by atoms with Crippen LogP contribution in [0.1, 0.15) is 23.6 Å². The van der Waals surface area contributed by atoms with Gasteiger partial charge in [0.05, 0.1) is 6.61 Å². The zero-order valence-corrected chi connectivity index (χ0v) is 17.9. The summed E-state index contributed by atoms with van der Waals surface area (Å²) in [5, 5.41) is 21.3. The Hall–Kier alpha value is -4.75. The Balaban J connectivity index is 1.75. The average Bonchev–Trinajstić information content (AvgIpc) is 2.83. The molecule has 0 radical (unpaired) electrons. The van der Waals surface area contributed by atoms with E-state index in [1.165, 1.54) is 0 Å². The lowest BCUT2D eigenvalue weighted by molar-refractivity contribution is 0.270. The number of rotatable bonds is 6. The molecule has 33 heavy (non-hydrogen) atoms. The van der Waals surface area contributed by atoms with E-state index in [0.29, 0.717) is 30.3 Å². The van der Waals surface area contributed by atoms with Gasteiger partial charge in [0, 0.05) is 5.56 Å². The molecule has 0 aliphatic rings. The molecule has 0 saturated heterocycles. The monoisotopic (exact) mass is 436 g/mol. The Morgan fingerprint density at radius 1 is 0.939 bits per heavy atom. The molecule has 0 atom stereocenters. The number of nitrogens with two attached hydrogens (primary N) is 1. The summed E-state index contributed by atoms with van der Waals surface area (Å²) < 4.78 is 11.9. The smallest absolute Gasteiger partial charge is 0.268 e. The third kappa shape index (κ3) is 4.08. The number of nitrogens with one attached hydrogen (secondary N) is 1. The SMILES string of the molecule is CCOc1cc(-c2c(C#N)c(N)[nH]c(=O)c2C#N)ccc1OCc1cccc2ccccc12. The summed E-state index contributed by atoms with van der Waals surface area (Å²) in [6.07, 6.45) is 0. The standard InChI is InChI=1S/C26H20N4O3/c1-2-32-23-12-17(24-20(13-27)25(29)30-26(31)21(24)14-28)10-11-22(23)33-15-18-8-5-7-16-6-3-4-9-19(16)18/h3-12H,2,15H2,1H3,(H3,29,30,31). The quantitative estimate of drug-likeness (QED) is 0.458. The molecule has 0 bridgehead atoms. The highest BCUT2D eigenvalue weighted by molar-refractivity contribution is 5.85. The largest absolute Gasteiger partial charge is 0.490 e. The van der Waals surface area contributed by atoms with Gasteiger partial charge in [-0.1, -0.05) is 48.5 Å². The van der Waals surface area contributed by atoms with Gasteiger partial charge in [-0.2, -0.15) is 10.5 Å². The van der Waals surface area contributed by atoms with Crippen LogP contribution in [0, 0.1) is 22.7 Å². The van der Waals surface area contributed by atoms with Crippen molar-refractivity contribution in [2.24, 2.45) is 0 Å². The molecule has 0 aliphatic heterocycles. The molecule has 1 heterocycles. The number of hydrogen-bond acceptors (Lipinski definition) is 6. The lowest BCUT2D eigenvalue weighted by Crippen LogP contribution is -2.16. The third-order valence-electron chi connectivity index (χ3n) is 5.26. The van der Waals surface area contributed by atoms with Crippen LogP contribution in [0.2, 0.25) is 0 Å². The predicted molar refractivity (Wildman–Crippen MR) is 126 cm³/mol. The van der Waals surface area contributed by atoms with Gasteiger partial charge in [-0.05, 0) is 41.0 Å². The minimum absolute atomic E-state index is 0.0259. The Morgan fingerprint density at radius 3 is 2.45 bits per heavy atom. The van der Waals surface area contributed by atoms with Crippen LogP contribution in [0.5, 0.6) is 11.5 Å². The highest BCUT2D eigenvalue weighted by atomic mass is 16.5. The normalized spacial score (nSPS) is 10.4. The maximum atomic E-state index is 12.3. The Bertz CT molecular complexity index is 1490. The summed E-state index contributed by atoms with van der Waals surface area (Å²) in [6, 6.07) is 23.0. The van der Waals surface area contributed by atoms with E-state index in [4.69, 9.17) is 15.2 Å². The molecule has 0 unspecified atom stereocenters. The second-order valence-corrected chi connectivity index (χ2v) is 7.24. The predicted octanol–water partition coefficient (Wildman–Crippen LogP) is 4.50. The molecule has 4 aromatic rings. The summed E-state index contributed by atoms with van der Waals surface area (Å²) in [5.74, 6) is 0.843. The molecule has 0 amide bonds. The van der Waals surface area contributed by atoms with Crippen molar-refractivity contribution in [1.29, 1.82) is 10.5 Å². The third-order valence-corrected chi connectivity index (χ3v) is 5.26. The van der Waals surface area contributed by atoms with E-state index in [0.717, 1.165) is 16.3 Å².